The van der Waals surface area contributed by atoms with Crippen LogP contribution in [0.4, 0.5) is 8.78 Å². The van der Waals surface area contributed by atoms with Crippen LogP contribution in [0.3, 0.4) is 0 Å². The molecule has 6 heteroatoms. The zero-order valence-electron chi connectivity index (χ0n) is 13.9. The van der Waals surface area contributed by atoms with Crippen molar-refractivity contribution < 1.29 is 18.3 Å². The topological polar surface area (TPSA) is 51.3 Å². The molecule has 0 bridgehead atoms. The van der Waals surface area contributed by atoms with Gasteiger partial charge in [-0.2, -0.15) is 0 Å². The quantitative estimate of drug-likeness (QED) is 0.751. The van der Waals surface area contributed by atoms with Crippen molar-refractivity contribution in [3.8, 4) is 22.6 Å². The zero-order valence-corrected chi connectivity index (χ0v) is 13.9. The maximum atomic E-state index is 14.3. The van der Waals surface area contributed by atoms with Gasteiger partial charge in [0.25, 0.3) is 0 Å². The molecule has 0 amide bonds. The summed E-state index contributed by atoms with van der Waals surface area (Å²) >= 11 is 0. The van der Waals surface area contributed by atoms with Crippen LogP contribution in [0.15, 0.2) is 41.3 Å². The number of hydrogen-bond donors (Lipinski definition) is 1. The van der Waals surface area contributed by atoms with E-state index in [0.29, 0.717) is 18.1 Å². The van der Waals surface area contributed by atoms with E-state index in [1.165, 1.54) is 37.6 Å². The Kier molecular flexibility index (Phi) is 4.70. The molecule has 1 heterocycles. The molecule has 4 nitrogen and oxygen atoms in total. The average molecular weight is 345 g/mol. The summed E-state index contributed by atoms with van der Waals surface area (Å²) in [4.78, 5) is 15.6. The van der Waals surface area contributed by atoms with Gasteiger partial charge in [-0.1, -0.05) is 6.92 Å². The van der Waals surface area contributed by atoms with Crippen molar-refractivity contribution in [2.24, 2.45) is 0 Å². The number of hydrogen-bond acceptors (Lipinski definition) is 3. The van der Waals surface area contributed by atoms with Crippen molar-refractivity contribution in [2.45, 2.75) is 13.3 Å². The molecule has 0 spiro atoms. The lowest BCUT2D eigenvalue weighted by molar-refractivity contribution is 0.320. The van der Waals surface area contributed by atoms with Gasteiger partial charge in [-0.05, 0) is 30.7 Å². The van der Waals surface area contributed by atoms with Crippen LogP contribution in [0.2, 0.25) is 0 Å². The van der Waals surface area contributed by atoms with Crippen molar-refractivity contribution in [3.63, 3.8) is 0 Å². The van der Waals surface area contributed by atoms with E-state index in [9.17, 15) is 13.6 Å². The highest BCUT2D eigenvalue weighted by atomic mass is 19.1. The third kappa shape index (κ3) is 3.07. The molecule has 1 N–H and O–H groups in total. The number of H-pyrrole nitrogens is 1. The Balaban J connectivity index is 2.21. The van der Waals surface area contributed by atoms with Gasteiger partial charge in [0.15, 0.2) is 5.43 Å². The maximum Gasteiger partial charge on any atom is 0.200 e. The van der Waals surface area contributed by atoms with Gasteiger partial charge >= 0.3 is 0 Å². The predicted molar refractivity (Wildman–Crippen MR) is 92.3 cm³/mol. The molecule has 0 radical (unpaired) electrons. The molecule has 130 valence electrons. The minimum absolute atomic E-state index is 0.0409. The largest absolute Gasteiger partial charge is 0.497 e. The smallest absolute Gasteiger partial charge is 0.200 e. The van der Waals surface area contributed by atoms with Crippen LogP contribution >= 0.6 is 0 Å². The highest BCUT2D eigenvalue weighted by Crippen LogP contribution is 2.28. The Hall–Kier alpha value is -2.89. The molecule has 2 aromatic carbocycles. The van der Waals surface area contributed by atoms with Gasteiger partial charge in [-0.15, -0.1) is 0 Å². The standard InChI is InChI=1S/C19H17F2NO3/c1-3-8-25-16-7-6-14(20)17-18(16)22-10-13(19(17)23)12-5-4-11(24-2)9-15(12)21/h4-7,9-10H,3,8H2,1-2H3,(H,22,23). The van der Waals surface area contributed by atoms with Crippen molar-refractivity contribution >= 4 is 10.9 Å². The van der Waals surface area contributed by atoms with Crippen LogP contribution in [-0.2, 0) is 0 Å². The minimum Gasteiger partial charge on any atom is -0.497 e. The Morgan fingerprint density at radius 1 is 1.08 bits per heavy atom. The summed E-state index contributed by atoms with van der Waals surface area (Å²) in [6.07, 6.45) is 2.14. The van der Waals surface area contributed by atoms with Crippen LogP contribution in [0.5, 0.6) is 11.5 Å². The number of benzene rings is 2. The second-order valence-electron chi connectivity index (χ2n) is 5.52. The van der Waals surface area contributed by atoms with Crippen LogP contribution in [0.1, 0.15) is 13.3 Å². The van der Waals surface area contributed by atoms with E-state index >= 15 is 0 Å². The summed E-state index contributed by atoms with van der Waals surface area (Å²) in [6, 6.07) is 6.79. The number of methoxy groups -OCH3 is 1. The Bertz CT molecular complexity index is 982. The molecule has 0 saturated carbocycles. The molecule has 0 atom stereocenters. The first kappa shape index (κ1) is 17.0. The van der Waals surface area contributed by atoms with E-state index in [2.05, 4.69) is 4.98 Å². The number of pyridine rings is 1. The van der Waals surface area contributed by atoms with Crippen molar-refractivity contribution in [1.29, 1.82) is 0 Å². The Morgan fingerprint density at radius 3 is 2.56 bits per heavy atom. The van der Waals surface area contributed by atoms with E-state index in [1.807, 2.05) is 6.92 Å². The fourth-order valence-corrected chi connectivity index (χ4v) is 2.64. The lowest BCUT2D eigenvalue weighted by Gasteiger charge is -2.11. The molecule has 0 aliphatic rings. The van der Waals surface area contributed by atoms with E-state index in [0.717, 1.165) is 6.42 Å². The van der Waals surface area contributed by atoms with E-state index in [4.69, 9.17) is 9.47 Å². The summed E-state index contributed by atoms with van der Waals surface area (Å²) in [5.41, 5.74) is -0.226. The van der Waals surface area contributed by atoms with Crippen molar-refractivity contribution in [2.75, 3.05) is 13.7 Å². The van der Waals surface area contributed by atoms with Crippen molar-refractivity contribution in [3.05, 3.63) is 58.4 Å². The highest BCUT2D eigenvalue weighted by molar-refractivity contribution is 5.88. The van der Waals surface area contributed by atoms with Crippen LogP contribution in [0, 0.1) is 11.6 Å². The first-order valence-corrected chi connectivity index (χ1v) is 7.87. The summed E-state index contributed by atoms with van der Waals surface area (Å²) in [5.74, 6) is -0.587. The molecule has 1 aromatic heterocycles. The fraction of sp³-hybridized carbons (Fsp3) is 0.211. The molecule has 3 rings (SSSR count). The average Bonchev–Trinajstić information content (AvgIpc) is 2.61. The molecule has 25 heavy (non-hydrogen) atoms. The number of ether oxygens (including phenoxy) is 2. The first-order chi connectivity index (χ1) is 12.1. The monoisotopic (exact) mass is 345 g/mol. The number of aromatic amines is 1. The van der Waals surface area contributed by atoms with Gasteiger partial charge in [0.1, 0.15) is 23.1 Å². The predicted octanol–water partition coefficient (Wildman–Crippen LogP) is 4.27. The zero-order chi connectivity index (χ0) is 18.0. The number of halogens is 2. The fourth-order valence-electron chi connectivity index (χ4n) is 2.64. The second-order valence-corrected chi connectivity index (χ2v) is 5.52. The highest BCUT2D eigenvalue weighted by Gasteiger charge is 2.17. The summed E-state index contributed by atoms with van der Waals surface area (Å²) in [6.45, 7) is 2.39. The molecule has 0 unspecified atom stereocenters. The number of fused-ring (bicyclic) bond motifs is 1. The van der Waals surface area contributed by atoms with Crippen LogP contribution in [0.25, 0.3) is 22.0 Å². The maximum absolute atomic E-state index is 14.3. The molecular weight excluding hydrogens is 328 g/mol. The number of rotatable bonds is 5. The third-order valence-corrected chi connectivity index (χ3v) is 3.88. The van der Waals surface area contributed by atoms with Gasteiger partial charge in [0.05, 0.1) is 24.6 Å². The molecule has 3 aromatic rings. The van der Waals surface area contributed by atoms with Gasteiger partial charge < -0.3 is 14.5 Å². The summed E-state index contributed by atoms with van der Waals surface area (Å²) < 4.78 is 39.1. The normalized spacial score (nSPS) is 10.9. The lowest BCUT2D eigenvalue weighted by atomic mass is 10.0. The van der Waals surface area contributed by atoms with Gasteiger partial charge in [0.2, 0.25) is 0 Å². The molecule has 0 aliphatic heterocycles. The minimum atomic E-state index is -0.684. The first-order valence-electron chi connectivity index (χ1n) is 7.87. The second kappa shape index (κ2) is 6.93. The van der Waals surface area contributed by atoms with E-state index in [1.54, 1.807) is 6.07 Å². The summed E-state index contributed by atoms with van der Waals surface area (Å²) in [7, 11) is 1.42. The number of nitrogens with one attached hydrogen (secondary N) is 1. The van der Waals surface area contributed by atoms with Gasteiger partial charge in [-0.3, -0.25) is 4.79 Å². The molecular formula is C19H17F2NO3. The number of aromatic nitrogens is 1. The van der Waals surface area contributed by atoms with Crippen molar-refractivity contribution in [1.82, 2.24) is 4.98 Å². The Morgan fingerprint density at radius 2 is 1.88 bits per heavy atom. The molecule has 0 saturated heterocycles. The van der Waals surface area contributed by atoms with Crippen LogP contribution in [-0.4, -0.2) is 18.7 Å². The van der Waals surface area contributed by atoms with E-state index in [-0.39, 0.29) is 22.0 Å². The SMILES string of the molecule is CCCOc1ccc(F)c2c(=O)c(-c3ccc(OC)cc3F)c[nH]c12. The van der Waals surface area contributed by atoms with Gasteiger partial charge in [-0.25, -0.2) is 8.78 Å². The van der Waals surface area contributed by atoms with Crippen LogP contribution < -0.4 is 14.9 Å². The molecule has 0 fully saturated rings. The summed E-state index contributed by atoms with van der Waals surface area (Å²) in [5, 5.41) is -0.152. The Labute approximate surface area is 143 Å². The third-order valence-electron chi connectivity index (χ3n) is 3.88. The van der Waals surface area contributed by atoms with Gasteiger partial charge in [0, 0.05) is 23.4 Å². The molecule has 0 aliphatic carbocycles. The van der Waals surface area contributed by atoms with E-state index < -0.39 is 17.1 Å². The lowest BCUT2D eigenvalue weighted by Crippen LogP contribution is -2.10.